The topological polar surface area (TPSA) is 74.8 Å². The Bertz CT molecular complexity index is 955. The second kappa shape index (κ2) is 8.98. The monoisotopic (exact) mass is 413 g/mol. The van der Waals surface area contributed by atoms with Crippen molar-refractivity contribution in [2.45, 2.75) is 37.4 Å². The molecule has 4 rings (SSSR count). The van der Waals surface area contributed by atoms with Gasteiger partial charge in [0, 0.05) is 43.0 Å². The summed E-state index contributed by atoms with van der Waals surface area (Å²) in [4.78, 5) is 32.1. The van der Waals surface area contributed by atoms with Crippen molar-refractivity contribution in [1.29, 1.82) is 0 Å². The van der Waals surface area contributed by atoms with Crippen LogP contribution in [-0.4, -0.2) is 43.7 Å². The van der Waals surface area contributed by atoms with Crippen LogP contribution in [0.5, 0.6) is 0 Å². The molecule has 1 N–H and O–H groups in total. The third-order valence-electron chi connectivity index (χ3n) is 4.80. The van der Waals surface area contributed by atoms with Crippen LogP contribution in [0.15, 0.2) is 45.9 Å². The van der Waals surface area contributed by atoms with Gasteiger partial charge in [-0.25, -0.2) is 15.0 Å². The quantitative estimate of drug-likeness (QED) is 0.490. The van der Waals surface area contributed by atoms with Crippen LogP contribution in [0.2, 0.25) is 0 Å². The van der Waals surface area contributed by atoms with E-state index in [-0.39, 0.29) is 11.5 Å². The van der Waals surface area contributed by atoms with Gasteiger partial charge >= 0.3 is 0 Å². The van der Waals surface area contributed by atoms with Crippen molar-refractivity contribution < 1.29 is 0 Å². The van der Waals surface area contributed by atoms with Gasteiger partial charge in [-0.3, -0.25) is 9.69 Å². The normalized spacial score (nSPS) is 17.7. The maximum Gasteiger partial charge on any atom is 0.251 e. The third-order valence-corrected chi connectivity index (χ3v) is 6.44. The zero-order chi connectivity index (χ0) is 19.3. The summed E-state index contributed by atoms with van der Waals surface area (Å²) < 4.78 is 0. The summed E-state index contributed by atoms with van der Waals surface area (Å²) in [7, 11) is 0. The number of H-pyrrole nitrogens is 1. The lowest BCUT2D eigenvalue weighted by Gasteiger charge is -2.32. The largest absolute Gasteiger partial charge is 0.306 e. The van der Waals surface area contributed by atoms with Crippen molar-refractivity contribution in [1.82, 2.24) is 24.8 Å². The summed E-state index contributed by atoms with van der Waals surface area (Å²) in [5, 5.41) is 2.83. The highest BCUT2D eigenvalue weighted by atomic mass is 32.2. The molecule has 1 atom stereocenters. The Kier molecular flexibility index (Phi) is 6.19. The number of thioether (sulfide) groups is 1. The summed E-state index contributed by atoms with van der Waals surface area (Å²) in [5.74, 6) is 1.92. The van der Waals surface area contributed by atoms with E-state index in [0.717, 1.165) is 59.5 Å². The highest BCUT2D eigenvalue weighted by Gasteiger charge is 2.23. The molecule has 3 aromatic rings. The number of hydrogen-bond donors (Lipinski definition) is 1. The van der Waals surface area contributed by atoms with Gasteiger partial charge in [0.2, 0.25) is 0 Å². The van der Waals surface area contributed by atoms with Crippen LogP contribution in [0.4, 0.5) is 0 Å². The average molecular weight is 414 g/mol. The zero-order valence-electron chi connectivity index (χ0n) is 15.8. The fourth-order valence-electron chi connectivity index (χ4n) is 3.54. The second-order valence-electron chi connectivity index (χ2n) is 6.88. The maximum atomic E-state index is 12.2. The van der Waals surface area contributed by atoms with Gasteiger partial charge in [0.1, 0.15) is 5.82 Å². The molecule has 1 aliphatic rings. The number of aromatic nitrogens is 4. The van der Waals surface area contributed by atoms with Crippen molar-refractivity contribution >= 4 is 23.1 Å². The first kappa shape index (κ1) is 19.3. The lowest BCUT2D eigenvalue weighted by atomic mass is 9.94. The Balaban J connectivity index is 1.47. The molecule has 0 aromatic carbocycles. The molecule has 8 heteroatoms. The van der Waals surface area contributed by atoms with E-state index in [2.05, 4.69) is 26.8 Å². The molecule has 4 heterocycles. The molecule has 0 radical (unpaired) electrons. The first-order valence-electron chi connectivity index (χ1n) is 9.52. The van der Waals surface area contributed by atoms with Gasteiger partial charge in [-0.2, -0.15) is 0 Å². The van der Waals surface area contributed by atoms with Crippen LogP contribution in [0.25, 0.3) is 10.7 Å². The maximum absolute atomic E-state index is 12.2. The number of rotatable bonds is 6. The van der Waals surface area contributed by atoms with Gasteiger partial charge < -0.3 is 4.98 Å². The molecule has 1 fully saturated rings. The van der Waals surface area contributed by atoms with Crippen molar-refractivity contribution in [3.05, 3.63) is 57.6 Å². The molecule has 0 aliphatic carbocycles. The van der Waals surface area contributed by atoms with Gasteiger partial charge in [0.15, 0.2) is 5.16 Å². The van der Waals surface area contributed by atoms with Crippen LogP contribution >= 0.6 is 23.1 Å². The fourth-order valence-corrected chi connectivity index (χ4v) is 4.72. The van der Waals surface area contributed by atoms with E-state index < -0.39 is 0 Å². The minimum Gasteiger partial charge on any atom is -0.306 e. The van der Waals surface area contributed by atoms with Crippen LogP contribution in [0.3, 0.4) is 0 Å². The Morgan fingerprint density at radius 2 is 2.21 bits per heavy atom. The van der Waals surface area contributed by atoms with E-state index in [0.29, 0.717) is 5.82 Å². The van der Waals surface area contributed by atoms with Crippen LogP contribution in [0.1, 0.15) is 36.9 Å². The van der Waals surface area contributed by atoms with Crippen molar-refractivity contribution in [3.63, 3.8) is 0 Å². The molecule has 28 heavy (non-hydrogen) atoms. The molecule has 1 aliphatic heterocycles. The zero-order valence-corrected chi connectivity index (χ0v) is 17.4. The van der Waals surface area contributed by atoms with Gasteiger partial charge in [0.05, 0.1) is 10.6 Å². The number of nitrogens with zero attached hydrogens (tertiary/aromatic N) is 4. The second-order valence-corrected chi connectivity index (χ2v) is 9.06. The van der Waals surface area contributed by atoms with E-state index in [9.17, 15) is 4.79 Å². The Morgan fingerprint density at radius 3 is 2.96 bits per heavy atom. The van der Waals surface area contributed by atoms with Crippen LogP contribution in [0, 0.1) is 0 Å². The van der Waals surface area contributed by atoms with E-state index in [1.165, 1.54) is 0 Å². The minimum absolute atomic E-state index is 0.0806. The molecule has 146 valence electrons. The third kappa shape index (κ3) is 4.68. The minimum atomic E-state index is -0.0806. The summed E-state index contributed by atoms with van der Waals surface area (Å²) in [6, 6.07) is 5.62. The van der Waals surface area contributed by atoms with Crippen molar-refractivity contribution in [2.24, 2.45) is 0 Å². The Hall–Kier alpha value is -2.03. The lowest BCUT2D eigenvalue weighted by molar-refractivity contribution is 0.198. The fraction of sp³-hybridized carbons (Fsp3) is 0.400. The number of thiophene rings is 1. The molecule has 0 amide bonds. The summed E-state index contributed by atoms with van der Waals surface area (Å²) >= 11 is 3.24. The van der Waals surface area contributed by atoms with Gasteiger partial charge in [-0.15, -0.1) is 11.3 Å². The van der Waals surface area contributed by atoms with Crippen molar-refractivity contribution in [3.8, 4) is 10.7 Å². The van der Waals surface area contributed by atoms with Crippen molar-refractivity contribution in [2.75, 3.05) is 18.8 Å². The van der Waals surface area contributed by atoms with Crippen LogP contribution < -0.4 is 5.56 Å². The Morgan fingerprint density at radius 1 is 1.36 bits per heavy atom. The predicted molar refractivity (Wildman–Crippen MR) is 114 cm³/mol. The van der Waals surface area contributed by atoms with Gasteiger partial charge in [0.25, 0.3) is 5.56 Å². The number of aromatic amines is 1. The smallest absolute Gasteiger partial charge is 0.251 e. The Labute approximate surface area is 172 Å². The van der Waals surface area contributed by atoms with Gasteiger partial charge in [-0.05, 0) is 36.6 Å². The molecule has 0 spiro atoms. The number of piperidine rings is 1. The first-order chi connectivity index (χ1) is 13.7. The van der Waals surface area contributed by atoms with Gasteiger partial charge in [-0.1, -0.05) is 24.8 Å². The average Bonchev–Trinajstić information content (AvgIpc) is 3.24. The molecule has 6 nitrogen and oxygen atoms in total. The van der Waals surface area contributed by atoms with E-state index in [1.54, 1.807) is 29.2 Å². The molecular weight excluding hydrogens is 390 g/mol. The molecule has 0 unspecified atom stereocenters. The first-order valence-corrected chi connectivity index (χ1v) is 11.4. The van der Waals surface area contributed by atoms with E-state index >= 15 is 0 Å². The highest BCUT2D eigenvalue weighted by Crippen LogP contribution is 2.28. The van der Waals surface area contributed by atoms with Crippen LogP contribution in [-0.2, 0) is 6.54 Å². The molecule has 3 aromatic heterocycles. The molecular formula is C20H23N5OS2. The van der Waals surface area contributed by atoms with E-state index in [4.69, 9.17) is 4.98 Å². The SMILES string of the molecule is CCSc1ncc(CN2CCC[C@@H](c3cc(=O)[nH]c(-c4cccs4)n3)C2)cn1. The van der Waals surface area contributed by atoms with E-state index in [1.807, 2.05) is 29.9 Å². The lowest BCUT2D eigenvalue weighted by Crippen LogP contribution is -2.34. The molecule has 0 bridgehead atoms. The summed E-state index contributed by atoms with van der Waals surface area (Å²) in [6.07, 6.45) is 6.00. The summed E-state index contributed by atoms with van der Waals surface area (Å²) in [5.41, 5.74) is 1.94. The molecule has 1 saturated heterocycles. The highest BCUT2D eigenvalue weighted by molar-refractivity contribution is 7.99. The predicted octanol–water partition coefficient (Wildman–Crippen LogP) is 3.78. The number of nitrogens with one attached hydrogen (secondary N) is 1. The molecule has 0 saturated carbocycles. The summed E-state index contributed by atoms with van der Waals surface area (Å²) in [6.45, 7) is 4.87. The standard InChI is InChI=1S/C20H23N5OS2/c1-2-27-20-21-10-14(11-22-20)12-25-7-3-5-15(13-25)16-9-18(26)24-19(23-16)17-6-4-8-28-17/h4,6,8-11,15H,2-3,5,7,12-13H2,1H3,(H,23,24,26)/t15-/m1/s1. The number of likely N-dealkylation sites (tertiary alicyclic amines) is 1. The number of hydrogen-bond acceptors (Lipinski definition) is 7.